The normalized spacial score (nSPS) is 20.0. The highest BCUT2D eigenvalue weighted by Crippen LogP contribution is 2.16. The molecule has 0 radical (unpaired) electrons. The zero-order valence-corrected chi connectivity index (χ0v) is 12.7. The molecule has 1 aliphatic rings. The Morgan fingerprint density at radius 1 is 1.31 bits per heavy atom. The van der Waals surface area contributed by atoms with Crippen molar-refractivity contribution in [3.63, 3.8) is 0 Å². The smallest absolute Gasteiger partial charge is 0.129 e. The number of rotatable bonds is 3. The Hall–Kier alpha value is 0.0469. The van der Waals surface area contributed by atoms with E-state index in [0.29, 0.717) is 5.37 Å². The highest BCUT2D eigenvalue weighted by atomic mass is 32.2. The highest BCUT2D eigenvalue weighted by Gasteiger charge is 2.19. The van der Waals surface area contributed by atoms with E-state index in [9.17, 15) is 0 Å². The maximum absolute atomic E-state index is 5.38. The van der Waals surface area contributed by atoms with Gasteiger partial charge in [0.05, 0.1) is 13.2 Å². The second-order valence-electron chi connectivity index (χ2n) is 4.98. The molecule has 4 heteroatoms. The highest BCUT2D eigenvalue weighted by molar-refractivity contribution is 8.00. The van der Waals surface area contributed by atoms with Crippen LogP contribution in [0, 0.1) is 11.5 Å². The topological polar surface area (TPSA) is 12.5 Å². The van der Waals surface area contributed by atoms with Gasteiger partial charge in [-0.3, -0.25) is 4.90 Å². The van der Waals surface area contributed by atoms with Crippen molar-refractivity contribution in [1.29, 1.82) is 0 Å². The Labute approximate surface area is 105 Å². The van der Waals surface area contributed by atoms with E-state index in [1.54, 1.807) is 0 Å². The molecule has 0 aromatic heterocycles. The predicted octanol–water partition coefficient (Wildman–Crippen LogP) is 2.28. The number of thioether (sulfide) groups is 1. The monoisotopic (exact) mass is 257 g/mol. The van der Waals surface area contributed by atoms with E-state index < -0.39 is 8.07 Å². The van der Waals surface area contributed by atoms with E-state index in [-0.39, 0.29) is 0 Å². The maximum atomic E-state index is 5.38. The fourth-order valence-corrected chi connectivity index (χ4v) is 3.04. The van der Waals surface area contributed by atoms with Crippen LogP contribution in [-0.2, 0) is 4.74 Å². The molecule has 1 unspecified atom stereocenters. The molecule has 1 fully saturated rings. The standard InChI is InChI=1S/C12H23NOSSi/c1-5-15-12(6-11-16(2,3)4)13-7-9-14-10-8-13/h12H,5,7-10H2,1-4H3. The van der Waals surface area contributed by atoms with Crippen molar-refractivity contribution >= 4 is 19.8 Å². The van der Waals surface area contributed by atoms with Crippen LogP contribution in [0.1, 0.15) is 6.92 Å². The first-order valence-electron chi connectivity index (χ1n) is 5.99. The molecule has 16 heavy (non-hydrogen) atoms. The summed E-state index contributed by atoms with van der Waals surface area (Å²) in [6.07, 6.45) is 0. The van der Waals surface area contributed by atoms with Crippen LogP contribution in [-0.4, -0.2) is 50.4 Å². The third-order valence-corrected chi connectivity index (χ3v) is 4.23. The molecule has 0 aromatic carbocycles. The summed E-state index contributed by atoms with van der Waals surface area (Å²) in [5.74, 6) is 4.60. The second-order valence-corrected chi connectivity index (χ2v) is 11.1. The van der Waals surface area contributed by atoms with Crippen molar-refractivity contribution in [1.82, 2.24) is 4.90 Å². The molecule has 0 aromatic rings. The molecular weight excluding hydrogens is 234 g/mol. The van der Waals surface area contributed by atoms with Crippen molar-refractivity contribution in [2.45, 2.75) is 31.9 Å². The van der Waals surface area contributed by atoms with E-state index in [1.807, 2.05) is 11.8 Å². The summed E-state index contributed by atoms with van der Waals surface area (Å²) in [7, 11) is -1.24. The number of morpholine rings is 1. The fourth-order valence-electron chi connectivity index (χ4n) is 1.49. The minimum atomic E-state index is -1.24. The minimum absolute atomic E-state index is 0.376. The summed E-state index contributed by atoms with van der Waals surface area (Å²) >= 11 is 1.94. The Kier molecular flexibility index (Phi) is 5.91. The number of hydrogen-bond donors (Lipinski definition) is 0. The molecule has 1 aliphatic heterocycles. The molecule has 1 saturated heterocycles. The molecule has 0 aliphatic carbocycles. The molecule has 1 heterocycles. The summed E-state index contributed by atoms with van der Waals surface area (Å²) < 4.78 is 5.38. The van der Waals surface area contributed by atoms with Crippen molar-refractivity contribution in [2.75, 3.05) is 32.1 Å². The molecule has 0 N–H and O–H groups in total. The van der Waals surface area contributed by atoms with E-state index in [1.165, 1.54) is 0 Å². The van der Waals surface area contributed by atoms with Gasteiger partial charge in [0.1, 0.15) is 13.4 Å². The van der Waals surface area contributed by atoms with Gasteiger partial charge in [-0.1, -0.05) is 32.5 Å². The summed E-state index contributed by atoms with van der Waals surface area (Å²) in [6, 6.07) is 0. The lowest BCUT2D eigenvalue weighted by atomic mass is 10.4. The Morgan fingerprint density at radius 2 is 1.94 bits per heavy atom. The van der Waals surface area contributed by atoms with Crippen LogP contribution < -0.4 is 0 Å². The fraction of sp³-hybridized carbons (Fsp3) is 0.833. The first-order valence-corrected chi connectivity index (χ1v) is 10.5. The molecule has 0 spiro atoms. The van der Waals surface area contributed by atoms with E-state index in [2.05, 4.69) is 42.9 Å². The van der Waals surface area contributed by atoms with Crippen molar-refractivity contribution in [2.24, 2.45) is 0 Å². The second kappa shape index (κ2) is 6.70. The first kappa shape index (κ1) is 14.1. The van der Waals surface area contributed by atoms with E-state index in [0.717, 1.165) is 32.1 Å². The summed E-state index contributed by atoms with van der Waals surface area (Å²) in [5.41, 5.74) is 3.49. The quantitative estimate of drug-likeness (QED) is 0.568. The molecular formula is C12H23NOSSi. The minimum Gasteiger partial charge on any atom is -0.379 e. The largest absolute Gasteiger partial charge is 0.379 e. The van der Waals surface area contributed by atoms with Gasteiger partial charge >= 0.3 is 0 Å². The SMILES string of the molecule is CCSC(C#C[Si](C)(C)C)N1CCOCC1. The Morgan fingerprint density at radius 3 is 2.44 bits per heavy atom. The maximum Gasteiger partial charge on any atom is 0.129 e. The molecule has 0 bridgehead atoms. The molecule has 0 amide bonds. The van der Waals surface area contributed by atoms with Crippen molar-refractivity contribution in [3.8, 4) is 11.5 Å². The van der Waals surface area contributed by atoms with Gasteiger partial charge in [-0.15, -0.1) is 17.3 Å². The van der Waals surface area contributed by atoms with Crippen LogP contribution in [0.15, 0.2) is 0 Å². The van der Waals surface area contributed by atoms with Crippen LogP contribution >= 0.6 is 11.8 Å². The zero-order chi connectivity index (χ0) is 12.0. The van der Waals surface area contributed by atoms with Gasteiger partial charge in [0.15, 0.2) is 0 Å². The van der Waals surface area contributed by atoms with Crippen LogP contribution in [0.3, 0.4) is 0 Å². The molecule has 2 nitrogen and oxygen atoms in total. The summed E-state index contributed by atoms with van der Waals surface area (Å²) in [6.45, 7) is 12.9. The first-order chi connectivity index (χ1) is 7.53. The number of hydrogen-bond acceptors (Lipinski definition) is 3. The molecule has 1 atom stereocenters. The average molecular weight is 257 g/mol. The summed E-state index contributed by atoms with van der Waals surface area (Å²) in [4.78, 5) is 2.45. The van der Waals surface area contributed by atoms with Gasteiger partial charge in [-0.05, 0) is 5.75 Å². The zero-order valence-electron chi connectivity index (χ0n) is 10.9. The van der Waals surface area contributed by atoms with Gasteiger partial charge in [0, 0.05) is 13.1 Å². The van der Waals surface area contributed by atoms with Gasteiger partial charge in [0.2, 0.25) is 0 Å². The molecule has 92 valence electrons. The van der Waals surface area contributed by atoms with E-state index in [4.69, 9.17) is 4.74 Å². The molecule has 1 rings (SSSR count). The third kappa shape index (κ3) is 5.40. The lowest BCUT2D eigenvalue weighted by Crippen LogP contribution is -2.41. The average Bonchev–Trinajstić information content (AvgIpc) is 2.24. The van der Waals surface area contributed by atoms with Crippen LogP contribution in [0.25, 0.3) is 0 Å². The van der Waals surface area contributed by atoms with Gasteiger partial charge in [-0.2, -0.15) is 0 Å². The Balaban J connectivity index is 2.61. The lowest BCUT2D eigenvalue weighted by molar-refractivity contribution is 0.0398. The van der Waals surface area contributed by atoms with Crippen LogP contribution in [0.2, 0.25) is 19.6 Å². The Bertz CT molecular complexity index is 260. The van der Waals surface area contributed by atoms with E-state index >= 15 is 0 Å². The van der Waals surface area contributed by atoms with Crippen LogP contribution in [0.5, 0.6) is 0 Å². The molecule has 0 saturated carbocycles. The number of ether oxygens (including phenoxy) is 1. The third-order valence-electron chi connectivity index (χ3n) is 2.27. The lowest BCUT2D eigenvalue weighted by Gasteiger charge is -2.31. The van der Waals surface area contributed by atoms with Crippen molar-refractivity contribution < 1.29 is 4.74 Å². The van der Waals surface area contributed by atoms with Crippen molar-refractivity contribution in [3.05, 3.63) is 0 Å². The predicted molar refractivity (Wildman–Crippen MR) is 75.4 cm³/mol. The van der Waals surface area contributed by atoms with Gasteiger partial charge < -0.3 is 4.74 Å². The summed E-state index contributed by atoms with van der Waals surface area (Å²) in [5, 5.41) is 0.376. The van der Waals surface area contributed by atoms with Crippen LogP contribution in [0.4, 0.5) is 0 Å². The number of nitrogens with zero attached hydrogens (tertiary/aromatic N) is 1. The van der Waals surface area contributed by atoms with Gasteiger partial charge in [-0.25, -0.2) is 0 Å². The van der Waals surface area contributed by atoms with Gasteiger partial charge in [0.25, 0.3) is 0 Å².